The van der Waals surface area contributed by atoms with Gasteiger partial charge in [0.15, 0.2) is 0 Å². The number of benzene rings is 2. The van der Waals surface area contributed by atoms with Crippen molar-refractivity contribution < 1.29 is 9.59 Å². The number of carbonyl (C=O) groups is 2. The van der Waals surface area contributed by atoms with Crippen LogP contribution in [-0.4, -0.2) is 11.8 Å². The molecule has 21 heavy (non-hydrogen) atoms. The summed E-state index contributed by atoms with van der Waals surface area (Å²) in [6.07, 6.45) is 3.07. The molecule has 2 aromatic carbocycles. The molecule has 1 heterocycles. The van der Waals surface area contributed by atoms with E-state index in [-0.39, 0.29) is 11.8 Å². The lowest BCUT2D eigenvalue weighted by Gasteiger charge is -2.15. The van der Waals surface area contributed by atoms with E-state index in [2.05, 4.69) is 6.58 Å². The van der Waals surface area contributed by atoms with Gasteiger partial charge in [-0.1, -0.05) is 55.1 Å². The van der Waals surface area contributed by atoms with Gasteiger partial charge in [0.05, 0.1) is 11.3 Å². The Morgan fingerprint density at radius 2 is 1.57 bits per heavy atom. The maximum absolute atomic E-state index is 12.6. The maximum Gasteiger partial charge on any atom is 0.266 e. The second-order valence-electron chi connectivity index (χ2n) is 4.66. The van der Waals surface area contributed by atoms with Crippen LogP contribution in [0.15, 0.2) is 67.3 Å². The van der Waals surface area contributed by atoms with E-state index in [9.17, 15) is 9.59 Å². The summed E-state index contributed by atoms with van der Waals surface area (Å²) in [7, 11) is 0. The van der Waals surface area contributed by atoms with Crippen LogP contribution < -0.4 is 4.90 Å². The summed E-state index contributed by atoms with van der Waals surface area (Å²) in [6.45, 7) is 3.75. The molecule has 0 N–H and O–H groups in total. The van der Waals surface area contributed by atoms with Crippen molar-refractivity contribution in [2.24, 2.45) is 0 Å². The van der Waals surface area contributed by atoms with Crippen LogP contribution in [-0.2, 0) is 9.59 Å². The fourth-order valence-electron chi connectivity index (χ4n) is 2.41. The molecule has 0 bridgehead atoms. The van der Waals surface area contributed by atoms with Gasteiger partial charge in [0.25, 0.3) is 11.8 Å². The Labute approximate surface area is 122 Å². The van der Waals surface area contributed by atoms with Crippen molar-refractivity contribution in [2.45, 2.75) is 0 Å². The lowest BCUT2D eigenvalue weighted by molar-refractivity contribution is -0.119. The Bertz CT molecular complexity index is 760. The van der Waals surface area contributed by atoms with Gasteiger partial charge in [-0.15, -0.1) is 0 Å². The lowest BCUT2D eigenvalue weighted by Crippen LogP contribution is -2.30. The first-order valence-electron chi connectivity index (χ1n) is 6.59. The molecule has 0 fully saturated rings. The van der Waals surface area contributed by atoms with E-state index < -0.39 is 0 Å². The summed E-state index contributed by atoms with van der Waals surface area (Å²) < 4.78 is 0. The molecule has 3 heteroatoms. The van der Waals surface area contributed by atoms with Crippen molar-refractivity contribution in [1.29, 1.82) is 0 Å². The van der Waals surface area contributed by atoms with Gasteiger partial charge in [-0.3, -0.25) is 9.59 Å². The number of anilines is 1. The molecule has 0 spiro atoms. The highest BCUT2D eigenvalue weighted by Gasteiger charge is 2.33. The number of rotatable bonds is 3. The summed E-state index contributed by atoms with van der Waals surface area (Å²) in [5.74, 6) is -0.624. The first-order chi connectivity index (χ1) is 10.2. The first kappa shape index (κ1) is 13.1. The first-order valence-corrected chi connectivity index (χ1v) is 6.59. The fourth-order valence-corrected chi connectivity index (χ4v) is 2.41. The van der Waals surface area contributed by atoms with Crippen LogP contribution in [0.4, 0.5) is 5.69 Å². The zero-order valence-electron chi connectivity index (χ0n) is 11.3. The van der Waals surface area contributed by atoms with Gasteiger partial charge < -0.3 is 0 Å². The number of hydrogen-bond donors (Lipinski definition) is 0. The number of para-hydroxylation sites is 1. The molecular weight excluding hydrogens is 262 g/mol. The third kappa shape index (κ3) is 2.19. The van der Waals surface area contributed by atoms with E-state index in [1.54, 1.807) is 30.3 Å². The largest absolute Gasteiger partial charge is 0.269 e. The minimum atomic E-state index is -0.319. The quantitative estimate of drug-likeness (QED) is 0.806. The highest BCUT2D eigenvalue weighted by atomic mass is 16.2. The second-order valence-corrected chi connectivity index (χ2v) is 4.66. The second kappa shape index (κ2) is 5.21. The molecule has 0 saturated heterocycles. The third-order valence-corrected chi connectivity index (χ3v) is 3.41. The van der Waals surface area contributed by atoms with Gasteiger partial charge in [0.1, 0.15) is 0 Å². The van der Waals surface area contributed by atoms with Crippen molar-refractivity contribution in [2.75, 3.05) is 4.90 Å². The van der Waals surface area contributed by atoms with E-state index in [0.717, 1.165) is 11.1 Å². The van der Waals surface area contributed by atoms with Crippen LogP contribution in [0.5, 0.6) is 0 Å². The Morgan fingerprint density at radius 1 is 0.905 bits per heavy atom. The van der Waals surface area contributed by atoms with Gasteiger partial charge in [-0.05, 0) is 23.3 Å². The monoisotopic (exact) mass is 275 g/mol. The van der Waals surface area contributed by atoms with E-state index in [0.29, 0.717) is 11.3 Å². The molecule has 0 saturated carbocycles. The number of hydrogen-bond acceptors (Lipinski definition) is 2. The molecule has 3 rings (SSSR count). The van der Waals surface area contributed by atoms with Crippen molar-refractivity contribution in [3.63, 3.8) is 0 Å². The average Bonchev–Trinajstić information content (AvgIpc) is 2.83. The third-order valence-electron chi connectivity index (χ3n) is 3.41. The number of nitrogens with zero attached hydrogens (tertiary/aromatic N) is 1. The molecule has 102 valence electrons. The van der Waals surface area contributed by atoms with Gasteiger partial charge in [-0.2, -0.15) is 0 Å². The van der Waals surface area contributed by atoms with Gasteiger partial charge >= 0.3 is 0 Å². The van der Waals surface area contributed by atoms with Crippen molar-refractivity contribution in [3.05, 3.63) is 78.4 Å². The normalized spacial score (nSPS) is 14.3. The summed E-state index contributed by atoms with van der Waals surface area (Å²) in [6, 6.07) is 16.3. The highest BCUT2D eigenvalue weighted by molar-refractivity contribution is 6.43. The predicted molar refractivity (Wildman–Crippen MR) is 83.4 cm³/mol. The Kier molecular flexibility index (Phi) is 3.24. The SMILES string of the molecule is C=Cc1ccccc1C1=CC(=O)N(c2ccccc2)C1=O. The zero-order chi connectivity index (χ0) is 14.8. The standard InChI is InChI=1S/C18H13NO2/c1-2-13-8-6-7-11-15(13)16-12-17(20)19(18(16)21)14-9-4-3-5-10-14/h2-12H,1H2. The molecular formula is C18H13NO2. The molecule has 3 nitrogen and oxygen atoms in total. The van der Waals surface area contributed by atoms with Crippen LogP contribution in [0.25, 0.3) is 11.6 Å². The molecule has 0 aromatic heterocycles. The topological polar surface area (TPSA) is 37.4 Å². The zero-order valence-corrected chi connectivity index (χ0v) is 11.3. The Hall–Kier alpha value is -2.94. The Morgan fingerprint density at radius 3 is 2.29 bits per heavy atom. The van der Waals surface area contributed by atoms with Crippen molar-refractivity contribution in [1.82, 2.24) is 0 Å². The van der Waals surface area contributed by atoms with Gasteiger partial charge in [-0.25, -0.2) is 4.90 Å². The van der Waals surface area contributed by atoms with Crippen LogP contribution in [0.2, 0.25) is 0 Å². The minimum absolute atomic E-state index is 0.305. The molecule has 1 aliphatic rings. The summed E-state index contributed by atoms with van der Waals surface area (Å²) in [5, 5.41) is 0. The molecule has 0 unspecified atom stereocenters. The number of carbonyl (C=O) groups excluding carboxylic acids is 2. The van der Waals surface area contributed by atoms with E-state index in [1.807, 2.05) is 30.3 Å². The van der Waals surface area contributed by atoms with Crippen molar-refractivity contribution >= 4 is 29.2 Å². The fraction of sp³-hybridized carbons (Fsp3) is 0. The maximum atomic E-state index is 12.6. The molecule has 0 radical (unpaired) electrons. The summed E-state index contributed by atoms with van der Waals surface area (Å²) in [4.78, 5) is 25.9. The highest BCUT2D eigenvalue weighted by Crippen LogP contribution is 2.30. The van der Waals surface area contributed by atoms with E-state index in [4.69, 9.17) is 0 Å². The van der Waals surface area contributed by atoms with Crippen LogP contribution in [0, 0.1) is 0 Å². The molecule has 2 aromatic rings. The minimum Gasteiger partial charge on any atom is -0.269 e. The van der Waals surface area contributed by atoms with Gasteiger partial charge in [0.2, 0.25) is 0 Å². The van der Waals surface area contributed by atoms with Crippen LogP contribution >= 0.6 is 0 Å². The molecule has 2 amide bonds. The summed E-state index contributed by atoms with van der Waals surface area (Å²) in [5.41, 5.74) is 2.54. The van der Waals surface area contributed by atoms with Crippen LogP contribution in [0.3, 0.4) is 0 Å². The predicted octanol–water partition coefficient (Wildman–Crippen LogP) is 3.29. The van der Waals surface area contributed by atoms with Crippen LogP contribution in [0.1, 0.15) is 11.1 Å². The number of imide groups is 1. The smallest absolute Gasteiger partial charge is 0.266 e. The van der Waals surface area contributed by atoms with E-state index >= 15 is 0 Å². The van der Waals surface area contributed by atoms with E-state index in [1.165, 1.54) is 11.0 Å². The molecule has 0 atom stereocenters. The van der Waals surface area contributed by atoms with Gasteiger partial charge in [0, 0.05) is 6.08 Å². The Balaban J connectivity index is 2.04. The number of amides is 2. The summed E-state index contributed by atoms with van der Waals surface area (Å²) >= 11 is 0. The molecule has 1 aliphatic heterocycles. The lowest BCUT2D eigenvalue weighted by atomic mass is 10.00. The van der Waals surface area contributed by atoms with Crippen molar-refractivity contribution in [3.8, 4) is 0 Å². The average molecular weight is 275 g/mol. The molecule has 0 aliphatic carbocycles.